The van der Waals surface area contributed by atoms with E-state index in [4.69, 9.17) is 16.7 Å². The van der Waals surface area contributed by atoms with Crippen molar-refractivity contribution in [2.75, 3.05) is 6.61 Å². The summed E-state index contributed by atoms with van der Waals surface area (Å²) in [6.07, 6.45) is 0. The van der Waals surface area contributed by atoms with Gasteiger partial charge in [-0.25, -0.2) is 0 Å². The SMILES string of the molecule is C[C@H](NC(C)(C)CO)C(=O)c1cccc(Cl)c1.Cl. The van der Waals surface area contributed by atoms with Crippen LogP contribution in [-0.2, 0) is 0 Å². The number of Topliss-reactive ketones (excluding diaryl/α,β-unsaturated/α-hetero) is 1. The predicted molar refractivity (Wildman–Crippen MR) is 76.8 cm³/mol. The Labute approximate surface area is 119 Å². The molecule has 0 fully saturated rings. The van der Waals surface area contributed by atoms with Crippen molar-refractivity contribution in [3.05, 3.63) is 34.9 Å². The molecule has 1 aromatic rings. The van der Waals surface area contributed by atoms with E-state index in [-0.39, 0.29) is 30.8 Å². The van der Waals surface area contributed by atoms with Crippen LogP contribution in [0.15, 0.2) is 24.3 Å². The zero-order valence-electron chi connectivity index (χ0n) is 10.7. The number of hydrogen-bond donors (Lipinski definition) is 2. The summed E-state index contributed by atoms with van der Waals surface area (Å²) in [5, 5.41) is 12.8. The highest BCUT2D eigenvalue weighted by Gasteiger charge is 2.23. The van der Waals surface area contributed by atoms with Crippen LogP contribution in [0, 0.1) is 0 Å². The van der Waals surface area contributed by atoms with E-state index in [0.29, 0.717) is 10.6 Å². The highest BCUT2D eigenvalue weighted by molar-refractivity contribution is 6.31. The van der Waals surface area contributed by atoms with Crippen LogP contribution in [0.2, 0.25) is 5.02 Å². The lowest BCUT2D eigenvalue weighted by Crippen LogP contribution is -2.50. The van der Waals surface area contributed by atoms with Crippen LogP contribution in [0.3, 0.4) is 0 Å². The van der Waals surface area contributed by atoms with Crippen molar-refractivity contribution >= 4 is 29.8 Å². The maximum atomic E-state index is 12.1. The number of rotatable bonds is 5. The number of aliphatic hydroxyl groups is 1. The number of halogens is 2. The molecule has 0 unspecified atom stereocenters. The van der Waals surface area contributed by atoms with Crippen molar-refractivity contribution in [1.29, 1.82) is 0 Å². The van der Waals surface area contributed by atoms with Crippen LogP contribution in [0.5, 0.6) is 0 Å². The van der Waals surface area contributed by atoms with Crippen LogP contribution >= 0.6 is 24.0 Å². The Kier molecular flexibility index (Phi) is 6.86. The van der Waals surface area contributed by atoms with E-state index in [1.165, 1.54) is 0 Å². The molecule has 1 rings (SSSR count). The normalized spacial score (nSPS) is 12.7. The van der Waals surface area contributed by atoms with E-state index in [1.807, 2.05) is 13.8 Å². The summed E-state index contributed by atoms with van der Waals surface area (Å²) in [6.45, 7) is 5.43. The highest BCUT2D eigenvalue weighted by Crippen LogP contribution is 2.13. The number of benzene rings is 1. The monoisotopic (exact) mass is 291 g/mol. The van der Waals surface area contributed by atoms with Crippen molar-refractivity contribution in [3.8, 4) is 0 Å². The van der Waals surface area contributed by atoms with Crippen LogP contribution in [0.1, 0.15) is 31.1 Å². The first-order valence-electron chi connectivity index (χ1n) is 5.54. The second-order valence-electron chi connectivity index (χ2n) is 4.78. The summed E-state index contributed by atoms with van der Waals surface area (Å²) >= 11 is 5.84. The summed E-state index contributed by atoms with van der Waals surface area (Å²) < 4.78 is 0. The molecular weight excluding hydrogens is 273 g/mol. The quantitative estimate of drug-likeness (QED) is 0.820. The van der Waals surface area contributed by atoms with Gasteiger partial charge in [0.05, 0.1) is 12.6 Å². The molecule has 0 aliphatic rings. The molecule has 0 aromatic heterocycles. The Hall–Kier alpha value is -0.610. The Bertz CT molecular complexity index is 408. The molecule has 5 heteroatoms. The maximum absolute atomic E-state index is 12.1. The van der Waals surface area contributed by atoms with Crippen molar-refractivity contribution in [2.45, 2.75) is 32.4 Å². The highest BCUT2D eigenvalue weighted by atomic mass is 35.5. The fourth-order valence-corrected chi connectivity index (χ4v) is 1.78. The third-order valence-electron chi connectivity index (χ3n) is 2.50. The first-order chi connectivity index (χ1) is 7.85. The minimum atomic E-state index is -0.479. The summed E-state index contributed by atoms with van der Waals surface area (Å²) in [4.78, 5) is 12.1. The maximum Gasteiger partial charge on any atom is 0.179 e. The second-order valence-corrected chi connectivity index (χ2v) is 5.22. The van der Waals surface area contributed by atoms with Crippen molar-refractivity contribution in [3.63, 3.8) is 0 Å². The molecule has 0 amide bonds. The number of nitrogens with one attached hydrogen (secondary N) is 1. The molecule has 1 atom stereocenters. The van der Waals surface area contributed by atoms with E-state index in [2.05, 4.69) is 5.32 Å². The first kappa shape index (κ1) is 17.4. The number of hydrogen-bond acceptors (Lipinski definition) is 3. The molecule has 0 spiro atoms. The summed E-state index contributed by atoms with van der Waals surface area (Å²) in [5.74, 6) is -0.0333. The second kappa shape index (κ2) is 7.10. The summed E-state index contributed by atoms with van der Waals surface area (Å²) in [6, 6.07) is 6.50. The van der Waals surface area contributed by atoms with E-state index >= 15 is 0 Å². The van der Waals surface area contributed by atoms with Gasteiger partial charge in [-0.1, -0.05) is 23.7 Å². The minimum absolute atomic E-state index is 0. The molecule has 0 radical (unpaired) electrons. The Morgan fingerprint density at radius 2 is 2.11 bits per heavy atom. The smallest absolute Gasteiger partial charge is 0.179 e. The van der Waals surface area contributed by atoms with Gasteiger partial charge in [0.2, 0.25) is 0 Å². The molecular formula is C13H19Cl2NO2. The molecule has 102 valence electrons. The molecule has 2 N–H and O–H groups in total. The van der Waals surface area contributed by atoms with Gasteiger partial charge in [0, 0.05) is 16.1 Å². The molecule has 0 aliphatic carbocycles. The van der Waals surface area contributed by atoms with E-state index < -0.39 is 5.54 Å². The molecule has 18 heavy (non-hydrogen) atoms. The Balaban J connectivity index is 0.00000289. The number of carbonyl (C=O) groups excluding carboxylic acids is 1. The van der Waals surface area contributed by atoms with Gasteiger partial charge in [0.15, 0.2) is 5.78 Å². The largest absolute Gasteiger partial charge is 0.394 e. The Morgan fingerprint density at radius 1 is 1.50 bits per heavy atom. The average Bonchev–Trinajstić information content (AvgIpc) is 2.27. The fourth-order valence-electron chi connectivity index (χ4n) is 1.59. The van der Waals surface area contributed by atoms with Crippen LogP contribution in [-0.4, -0.2) is 29.1 Å². The summed E-state index contributed by atoms with van der Waals surface area (Å²) in [7, 11) is 0. The number of ketones is 1. The average molecular weight is 292 g/mol. The molecule has 0 aliphatic heterocycles. The standard InChI is InChI=1S/C13H18ClNO2.ClH/c1-9(15-13(2,3)8-16)12(17)10-5-4-6-11(14)7-10;/h4-7,9,15-16H,8H2,1-3H3;1H/t9-;/m0./s1. The van der Waals surface area contributed by atoms with Gasteiger partial charge >= 0.3 is 0 Å². The lowest BCUT2D eigenvalue weighted by Gasteiger charge is -2.27. The third kappa shape index (κ3) is 4.94. The lowest BCUT2D eigenvalue weighted by molar-refractivity contribution is 0.0911. The van der Waals surface area contributed by atoms with Crippen molar-refractivity contribution < 1.29 is 9.90 Å². The van der Waals surface area contributed by atoms with Gasteiger partial charge in [0.25, 0.3) is 0 Å². The van der Waals surface area contributed by atoms with Gasteiger partial charge in [-0.3, -0.25) is 4.79 Å². The van der Waals surface area contributed by atoms with E-state index in [9.17, 15) is 4.79 Å². The van der Waals surface area contributed by atoms with Crippen molar-refractivity contribution in [2.24, 2.45) is 0 Å². The van der Waals surface area contributed by atoms with Gasteiger partial charge in [-0.15, -0.1) is 12.4 Å². The fraction of sp³-hybridized carbons (Fsp3) is 0.462. The molecule has 1 aromatic carbocycles. The Morgan fingerprint density at radius 3 is 2.61 bits per heavy atom. The van der Waals surface area contributed by atoms with Crippen LogP contribution < -0.4 is 5.32 Å². The zero-order valence-corrected chi connectivity index (χ0v) is 12.3. The molecule has 0 heterocycles. The zero-order chi connectivity index (χ0) is 13.1. The third-order valence-corrected chi connectivity index (χ3v) is 2.74. The molecule has 0 bridgehead atoms. The predicted octanol–water partition coefficient (Wildman–Crippen LogP) is 2.69. The molecule has 0 saturated carbocycles. The minimum Gasteiger partial charge on any atom is -0.394 e. The van der Waals surface area contributed by atoms with Crippen LogP contribution in [0.25, 0.3) is 0 Å². The van der Waals surface area contributed by atoms with E-state index in [1.54, 1.807) is 31.2 Å². The van der Waals surface area contributed by atoms with Gasteiger partial charge < -0.3 is 10.4 Å². The first-order valence-corrected chi connectivity index (χ1v) is 5.92. The topological polar surface area (TPSA) is 49.3 Å². The van der Waals surface area contributed by atoms with Crippen molar-refractivity contribution in [1.82, 2.24) is 5.32 Å². The van der Waals surface area contributed by atoms with Gasteiger partial charge in [-0.2, -0.15) is 0 Å². The van der Waals surface area contributed by atoms with Crippen LogP contribution in [0.4, 0.5) is 0 Å². The molecule has 0 saturated heterocycles. The van der Waals surface area contributed by atoms with E-state index in [0.717, 1.165) is 0 Å². The number of carbonyl (C=O) groups is 1. The molecule has 3 nitrogen and oxygen atoms in total. The summed E-state index contributed by atoms with van der Waals surface area (Å²) in [5.41, 5.74) is 0.0967. The lowest BCUT2D eigenvalue weighted by atomic mass is 10.0. The number of aliphatic hydroxyl groups excluding tert-OH is 1. The van der Waals surface area contributed by atoms with Gasteiger partial charge in [-0.05, 0) is 32.9 Å². The van der Waals surface area contributed by atoms with Gasteiger partial charge in [0.1, 0.15) is 0 Å².